The molecule has 0 radical (unpaired) electrons. The summed E-state index contributed by atoms with van der Waals surface area (Å²) >= 11 is 0. The molecule has 0 amide bonds. The lowest BCUT2D eigenvalue weighted by Crippen LogP contribution is -2.18. The first-order valence-electron chi connectivity index (χ1n) is 7.92. The van der Waals surface area contributed by atoms with Crippen LogP contribution >= 0.6 is 0 Å². The molecule has 0 spiro atoms. The Labute approximate surface area is 141 Å². The zero-order valence-electron chi connectivity index (χ0n) is 14.2. The lowest BCUT2D eigenvalue weighted by atomic mass is 10.2. The maximum Gasteiger partial charge on any atom is 0.148 e. The van der Waals surface area contributed by atoms with Crippen LogP contribution in [0.2, 0.25) is 0 Å². The first-order valence-corrected chi connectivity index (χ1v) is 7.92. The van der Waals surface area contributed by atoms with Crippen molar-refractivity contribution in [3.05, 3.63) is 77.1 Å². The minimum absolute atomic E-state index is 0.278. The van der Waals surface area contributed by atoms with Crippen molar-refractivity contribution in [3.8, 4) is 5.69 Å². The fraction of sp³-hybridized carbons (Fsp3) is 0.263. The van der Waals surface area contributed by atoms with Crippen molar-refractivity contribution in [2.45, 2.75) is 26.9 Å². The summed E-state index contributed by atoms with van der Waals surface area (Å²) in [5, 5.41) is 4.27. The van der Waals surface area contributed by atoms with Crippen LogP contribution < -0.4 is 0 Å². The van der Waals surface area contributed by atoms with E-state index in [1.807, 2.05) is 20.2 Å². The van der Waals surface area contributed by atoms with Crippen LogP contribution in [-0.4, -0.2) is 26.7 Å². The Morgan fingerprint density at radius 3 is 2.67 bits per heavy atom. The molecule has 0 bridgehead atoms. The SMILES string of the molecule is Cc1cc(C)nc(CN(C)Cc2cnn(-c3ccccc3F)c2)c1. The van der Waals surface area contributed by atoms with Gasteiger partial charge in [0, 0.05) is 30.5 Å². The van der Waals surface area contributed by atoms with Crippen LogP contribution in [-0.2, 0) is 13.1 Å². The number of para-hydroxylation sites is 1. The van der Waals surface area contributed by atoms with Gasteiger partial charge in [-0.25, -0.2) is 9.07 Å². The van der Waals surface area contributed by atoms with Gasteiger partial charge < -0.3 is 0 Å². The number of nitrogens with zero attached hydrogens (tertiary/aromatic N) is 4. The lowest BCUT2D eigenvalue weighted by molar-refractivity contribution is 0.315. The predicted molar refractivity (Wildman–Crippen MR) is 92.4 cm³/mol. The van der Waals surface area contributed by atoms with Gasteiger partial charge in [-0.2, -0.15) is 5.10 Å². The molecule has 0 N–H and O–H groups in total. The fourth-order valence-corrected chi connectivity index (χ4v) is 2.86. The van der Waals surface area contributed by atoms with Crippen LogP contribution in [0.3, 0.4) is 0 Å². The Kier molecular flexibility index (Phi) is 4.71. The van der Waals surface area contributed by atoms with E-state index < -0.39 is 0 Å². The van der Waals surface area contributed by atoms with Crippen LogP contribution in [0.5, 0.6) is 0 Å². The van der Waals surface area contributed by atoms with Gasteiger partial charge in [0.1, 0.15) is 11.5 Å². The maximum atomic E-state index is 13.8. The number of halogens is 1. The molecule has 3 rings (SSSR count). The van der Waals surface area contributed by atoms with Crippen LogP contribution in [0.1, 0.15) is 22.5 Å². The molecule has 1 aromatic carbocycles. The minimum Gasteiger partial charge on any atom is -0.296 e. The standard InChI is InChI=1S/C19H21FN4/c1-14-8-15(2)22-17(9-14)13-23(3)11-16-10-21-24(12-16)19-7-5-4-6-18(19)20/h4-10,12H,11,13H2,1-3H3. The average molecular weight is 324 g/mol. The molecule has 4 nitrogen and oxygen atoms in total. The number of benzene rings is 1. The Morgan fingerprint density at radius 1 is 1.12 bits per heavy atom. The molecular weight excluding hydrogens is 303 g/mol. The Bertz CT molecular complexity index is 821. The highest BCUT2D eigenvalue weighted by atomic mass is 19.1. The molecule has 5 heteroatoms. The highest BCUT2D eigenvalue weighted by Crippen LogP contribution is 2.14. The van der Waals surface area contributed by atoms with Crippen LogP contribution in [0.4, 0.5) is 4.39 Å². The van der Waals surface area contributed by atoms with E-state index in [0.29, 0.717) is 5.69 Å². The highest BCUT2D eigenvalue weighted by molar-refractivity contribution is 5.33. The summed E-state index contributed by atoms with van der Waals surface area (Å²) < 4.78 is 15.4. The van der Waals surface area contributed by atoms with E-state index in [0.717, 1.165) is 30.0 Å². The van der Waals surface area contributed by atoms with Crippen molar-refractivity contribution in [2.24, 2.45) is 0 Å². The molecule has 2 heterocycles. The summed E-state index contributed by atoms with van der Waals surface area (Å²) in [7, 11) is 2.04. The van der Waals surface area contributed by atoms with Gasteiger partial charge in [-0.15, -0.1) is 0 Å². The van der Waals surface area contributed by atoms with Crippen molar-refractivity contribution in [2.75, 3.05) is 7.05 Å². The third-order valence-electron chi connectivity index (χ3n) is 3.77. The van der Waals surface area contributed by atoms with E-state index in [-0.39, 0.29) is 5.82 Å². The van der Waals surface area contributed by atoms with Crippen molar-refractivity contribution in [1.82, 2.24) is 19.7 Å². The molecule has 3 aromatic rings. The first kappa shape index (κ1) is 16.3. The van der Waals surface area contributed by atoms with Gasteiger partial charge in [0.2, 0.25) is 0 Å². The Morgan fingerprint density at radius 2 is 1.92 bits per heavy atom. The number of rotatable bonds is 5. The van der Waals surface area contributed by atoms with Gasteiger partial charge >= 0.3 is 0 Å². The number of pyridine rings is 1. The van der Waals surface area contributed by atoms with Gasteiger partial charge in [-0.05, 0) is 50.7 Å². The smallest absolute Gasteiger partial charge is 0.148 e. The summed E-state index contributed by atoms with van der Waals surface area (Å²) in [5.74, 6) is -0.278. The highest BCUT2D eigenvalue weighted by Gasteiger charge is 2.09. The first-order chi connectivity index (χ1) is 11.5. The molecule has 0 unspecified atom stereocenters. The number of aryl methyl sites for hydroxylation is 2. The van der Waals surface area contributed by atoms with Crippen molar-refractivity contribution < 1.29 is 4.39 Å². The number of hydrogen-bond acceptors (Lipinski definition) is 3. The van der Waals surface area contributed by atoms with Crippen LogP contribution in [0.15, 0.2) is 48.8 Å². The molecule has 0 aliphatic carbocycles. The molecule has 24 heavy (non-hydrogen) atoms. The van der Waals surface area contributed by atoms with Gasteiger partial charge in [0.25, 0.3) is 0 Å². The van der Waals surface area contributed by atoms with Crippen LogP contribution in [0.25, 0.3) is 5.69 Å². The Hall–Kier alpha value is -2.53. The minimum atomic E-state index is -0.278. The summed E-state index contributed by atoms with van der Waals surface area (Å²) in [6, 6.07) is 10.8. The predicted octanol–water partition coefficient (Wildman–Crippen LogP) is 3.66. The van der Waals surface area contributed by atoms with Crippen molar-refractivity contribution in [3.63, 3.8) is 0 Å². The third kappa shape index (κ3) is 3.86. The van der Waals surface area contributed by atoms with Crippen LogP contribution in [0, 0.1) is 19.7 Å². The number of aromatic nitrogens is 3. The topological polar surface area (TPSA) is 34.0 Å². The normalized spacial score (nSPS) is 11.2. The van der Waals surface area contributed by atoms with Crippen molar-refractivity contribution >= 4 is 0 Å². The molecule has 0 saturated heterocycles. The largest absolute Gasteiger partial charge is 0.296 e. The van der Waals surface area contributed by atoms with Gasteiger partial charge in [0.05, 0.1) is 11.9 Å². The zero-order chi connectivity index (χ0) is 17.1. The fourth-order valence-electron chi connectivity index (χ4n) is 2.86. The summed E-state index contributed by atoms with van der Waals surface area (Å²) in [4.78, 5) is 6.74. The quantitative estimate of drug-likeness (QED) is 0.718. The van der Waals surface area contributed by atoms with Gasteiger partial charge in [-0.1, -0.05) is 12.1 Å². The molecular formula is C19H21FN4. The summed E-state index contributed by atoms with van der Waals surface area (Å²) in [6.07, 6.45) is 3.64. The van der Waals surface area contributed by atoms with E-state index in [1.54, 1.807) is 29.1 Å². The summed E-state index contributed by atoms with van der Waals surface area (Å²) in [6.45, 7) is 5.57. The molecule has 2 aromatic heterocycles. The zero-order valence-corrected chi connectivity index (χ0v) is 14.2. The third-order valence-corrected chi connectivity index (χ3v) is 3.77. The molecule has 0 atom stereocenters. The molecule has 124 valence electrons. The molecule has 0 aliphatic rings. The molecule has 0 aliphatic heterocycles. The lowest BCUT2D eigenvalue weighted by Gasteiger charge is -2.15. The van der Waals surface area contributed by atoms with E-state index in [2.05, 4.69) is 34.0 Å². The van der Waals surface area contributed by atoms with Gasteiger partial charge in [0.15, 0.2) is 0 Å². The van der Waals surface area contributed by atoms with Crippen molar-refractivity contribution in [1.29, 1.82) is 0 Å². The molecule has 0 fully saturated rings. The van der Waals surface area contributed by atoms with E-state index in [9.17, 15) is 4.39 Å². The molecule has 0 saturated carbocycles. The monoisotopic (exact) mass is 324 g/mol. The maximum absolute atomic E-state index is 13.8. The second-order valence-corrected chi connectivity index (χ2v) is 6.19. The van der Waals surface area contributed by atoms with E-state index >= 15 is 0 Å². The second-order valence-electron chi connectivity index (χ2n) is 6.19. The van der Waals surface area contributed by atoms with Gasteiger partial charge in [-0.3, -0.25) is 9.88 Å². The second kappa shape index (κ2) is 6.93. The van der Waals surface area contributed by atoms with E-state index in [1.165, 1.54) is 11.6 Å². The number of hydrogen-bond donors (Lipinski definition) is 0. The Balaban J connectivity index is 1.69. The summed E-state index contributed by atoms with van der Waals surface area (Å²) in [5.41, 5.74) is 4.80. The average Bonchev–Trinajstić information content (AvgIpc) is 2.94. The van der Waals surface area contributed by atoms with E-state index in [4.69, 9.17) is 0 Å².